The second-order valence-corrected chi connectivity index (χ2v) is 7.06. The molecule has 1 saturated carbocycles. The van der Waals surface area contributed by atoms with Gasteiger partial charge in [-0.2, -0.15) is 5.10 Å². The van der Waals surface area contributed by atoms with Crippen LogP contribution in [0.2, 0.25) is 0 Å². The second kappa shape index (κ2) is 6.40. The molecule has 1 aliphatic rings. The third-order valence-electron chi connectivity index (χ3n) is 4.10. The zero-order valence-corrected chi connectivity index (χ0v) is 14.0. The molecule has 4 nitrogen and oxygen atoms in total. The fourth-order valence-electron chi connectivity index (χ4n) is 2.68. The molecular formula is C18H15F2N3OS. The van der Waals surface area contributed by atoms with Crippen LogP contribution in [0.3, 0.4) is 0 Å². The molecular weight excluding hydrogens is 344 g/mol. The zero-order valence-electron chi connectivity index (χ0n) is 13.2. The number of hydrogen-bond donors (Lipinski definition) is 2. The van der Waals surface area contributed by atoms with Crippen LogP contribution in [0, 0.1) is 11.6 Å². The summed E-state index contributed by atoms with van der Waals surface area (Å²) in [5.41, 5.74) is 2.17. The lowest BCUT2D eigenvalue weighted by molar-refractivity contribution is -0.115. The maximum Gasteiger partial charge on any atom is 0.230 e. The second-order valence-electron chi connectivity index (χ2n) is 6.15. The number of rotatable bonds is 5. The van der Waals surface area contributed by atoms with E-state index in [0.29, 0.717) is 22.2 Å². The van der Waals surface area contributed by atoms with Crippen molar-refractivity contribution in [1.29, 1.82) is 0 Å². The molecule has 0 spiro atoms. The van der Waals surface area contributed by atoms with Gasteiger partial charge in [0.15, 0.2) is 5.82 Å². The molecule has 3 aromatic rings. The van der Waals surface area contributed by atoms with Gasteiger partial charge >= 0.3 is 0 Å². The Kier molecular flexibility index (Phi) is 4.09. The van der Waals surface area contributed by atoms with Crippen LogP contribution in [-0.2, 0) is 11.2 Å². The van der Waals surface area contributed by atoms with Gasteiger partial charge in [0, 0.05) is 34.2 Å². The average molecular weight is 359 g/mol. The monoisotopic (exact) mass is 359 g/mol. The van der Waals surface area contributed by atoms with Gasteiger partial charge in [-0.05, 0) is 42.0 Å². The molecule has 0 unspecified atom stereocenters. The van der Waals surface area contributed by atoms with Gasteiger partial charge in [-0.1, -0.05) is 0 Å². The van der Waals surface area contributed by atoms with Gasteiger partial charge < -0.3 is 5.32 Å². The summed E-state index contributed by atoms with van der Waals surface area (Å²) in [6.45, 7) is 0. The Morgan fingerprint density at radius 3 is 2.88 bits per heavy atom. The summed E-state index contributed by atoms with van der Waals surface area (Å²) in [5.74, 6) is -0.336. The third kappa shape index (κ3) is 3.61. The first kappa shape index (κ1) is 16.0. The summed E-state index contributed by atoms with van der Waals surface area (Å²) in [7, 11) is 0. The van der Waals surface area contributed by atoms with Crippen molar-refractivity contribution in [3.63, 3.8) is 0 Å². The first-order valence-corrected chi connectivity index (χ1v) is 8.84. The van der Waals surface area contributed by atoms with Crippen molar-refractivity contribution in [2.45, 2.75) is 25.2 Å². The Balaban J connectivity index is 1.42. The van der Waals surface area contributed by atoms with E-state index in [1.54, 1.807) is 11.4 Å². The third-order valence-corrected chi connectivity index (χ3v) is 5.11. The summed E-state index contributed by atoms with van der Waals surface area (Å²) in [6, 6.07) is 7.10. The van der Waals surface area contributed by atoms with Crippen LogP contribution in [0.15, 0.2) is 35.7 Å². The van der Waals surface area contributed by atoms with E-state index in [2.05, 4.69) is 15.5 Å². The fourth-order valence-corrected chi connectivity index (χ4v) is 3.62. The van der Waals surface area contributed by atoms with Gasteiger partial charge in [0.25, 0.3) is 0 Å². The zero-order chi connectivity index (χ0) is 17.4. The highest BCUT2D eigenvalue weighted by Gasteiger charge is 2.25. The number of thiophene rings is 1. The lowest BCUT2D eigenvalue weighted by Crippen LogP contribution is -2.14. The van der Waals surface area contributed by atoms with Crippen LogP contribution in [0.5, 0.6) is 0 Å². The van der Waals surface area contributed by atoms with Crippen LogP contribution in [-0.4, -0.2) is 16.1 Å². The Morgan fingerprint density at radius 2 is 2.12 bits per heavy atom. The standard InChI is InChI=1S/C18H15F2N3OS/c19-12-3-4-13(14(20)7-12)16-5-10(9-25-16)6-18(24)21-17-8-15(22-23-17)11-1-2-11/h3-5,7-9,11H,1-2,6H2,(H2,21,22,23,24). The number of H-pyrrole nitrogens is 1. The normalized spacial score (nSPS) is 13.8. The van der Waals surface area contributed by atoms with Gasteiger partial charge in [0.2, 0.25) is 5.91 Å². The van der Waals surface area contributed by atoms with E-state index in [9.17, 15) is 13.6 Å². The Morgan fingerprint density at radius 1 is 1.28 bits per heavy atom. The summed E-state index contributed by atoms with van der Waals surface area (Å²) in [6.07, 6.45) is 2.49. The van der Waals surface area contributed by atoms with E-state index >= 15 is 0 Å². The molecule has 128 valence electrons. The van der Waals surface area contributed by atoms with Crippen LogP contribution < -0.4 is 5.32 Å². The van der Waals surface area contributed by atoms with E-state index in [1.165, 1.54) is 23.5 Å². The lowest BCUT2D eigenvalue weighted by Gasteiger charge is -2.00. The van der Waals surface area contributed by atoms with Gasteiger partial charge in [0.1, 0.15) is 11.6 Å². The molecule has 1 amide bonds. The molecule has 1 aromatic carbocycles. The van der Waals surface area contributed by atoms with Gasteiger partial charge in [-0.3, -0.25) is 9.89 Å². The van der Waals surface area contributed by atoms with Gasteiger partial charge in [-0.15, -0.1) is 11.3 Å². The van der Waals surface area contributed by atoms with Gasteiger partial charge in [-0.25, -0.2) is 8.78 Å². The van der Waals surface area contributed by atoms with E-state index in [-0.39, 0.29) is 12.3 Å². The number of nitrogens with one attached hydrogen (secondary N) is 2. The van der Waals surface area contributed by atoms with Crippen molar-refractivity contribution in [2.24, 2.45) is 0 Å². The van der Waals surface area contributed by atoms with Crippen molar-refractivity contribution in [3.05, 3.63) is 58.6 Å². The van der Waals surface area contributed by atoms with E-state index in [1.807, 2.05) is 6.07 Å². The Hall–Kier alpha value is -2.54. The molecule has 2 aromatic heterocycles. The molecule has 0 atom stereocenters. The van der Waals surface area contributed by atoms with Crippen molar-refractivity contribution in [1.82, 2.24) is 10.2 Å². The molecule has 7 heteroatoms. The molecule has 4 rings (SSSR count). The number of halogens is 2. The number of aromatic nitrogens is 2. The maximum atomic E-state index is 13.8. The topological polar surface area (TPSA) is 57.8 Å². The quantitative estimate of drug-likeness (QED) is 0.706. The number of aromatic amines is 1. The number of carbonyl (C=O) groups excluding carboxylic acids is 1. The van der Waals surface area contributed by atoms with Crippen LogP contribution in [0.4, 0.5) is 14.6 Å². The first-order chi connectivity index (χ1) is 12.1. The highest BCUT2D eigenvalue weighted by molar-refractivity contribution is 7.13. The van der Waals surface area contributed by atoms with Crippen LogP contribution >= 0.6 is 11.3 Å². The SMILES string of the molecule is O=C(Cc1csc(-c2ccc(F)cc2F)c1)Nc1cc(C2CC2)[nH]n1. The number of benzene rings is 1. The highest BCUT2D eigenvalue weighted by Crippen LogP contribution is 2.39. The minimum Gasteiger partial charge on any atom is -0.309 e. The summed E-state index contributed by atoms with van der Waals surface area (Å²) in [4.78, 5) is 12.8. The van der Waals surface area contributed by atoms with Crippen molar-refractivity contribution in [2.75, 3.05) is 5.32 Å². The van der Waals surface area contributed by atoms with E-state index < -0.39 is 11.6 Å². The maximum absolute atomic E-state index is 13.8. The summed E-state index contributed by atoms with van der Waals surface area (Å²) < 4.78 is 26.8. The van der Waals surface area contributed by atoms with Crippen molar-refractivity contribution >= 4 is 23.1 Å². The minimum atomic E-state index is -0.609. The van der Waals surface area contributed by atoms with E-state index in [4.69, 9.17) is 0 Å². The number of amides is 1. The predicted molar refractivity (Wildman–Crippen MR) is 92.6 cm³/mol. The smallest absolute Gasteiger partial charge is 0.230 e. The lowest BCUT2D eigenvalue weighted by atomic mass is 10.1. The first-order valence-electron chi connectivity index (χ1n) is 7.96. The number of nitrogens with zero attached hydrogens (tertiary/aromatic N) is 1. The Bertz CT molecular complexity index is 930. The number of carbonyl (C=O) groups is 1. The minimum absolute atomic E-state index is 0.172. The highest BCUT2D eigenvalue weighted by atomic mass is 32.1. The predicted octanol–water partition coefficient (Wildman–Crippen LogP) is 4.48. The average Bonchev–Trinajstić information content (AvgIpc) is 3.15. The van der Waals surface area contributed by atoms with Crippen LogP contribution in [0.25, 0.3) is 10.4 Å². The molecule has 1 fully saturated rings. The molecule has 0 bridgehead atoms. The molecule has 2 heterocycles. The molecule has 25 heavy (non-hydrogen) atoms. The Labute approximate surface area is 146 Å². The largest absolute Gasteiger partial charge is 0.309 e. The fraction of sp³-hybridized carbons (Fsp3) is 0.222. The summed E-state index contributed by atoms with van der Waals surface area (Å²) >= 11 is 1.32. The van der Waals surface area contributed by atoms with Crippen molar-refractivity contribution < 1.29 is 13.6 Å². The molecule has 1 aliphatic carbocycles. The van der Waals surface area contributed by atoms with Gasteiger partial charge in [0.05, 0.1) is 6.42 Å². The number of anilines is 1. The number of hydrogen-bond acceptors (Lipinski definition) is 3. The summed E-state index contributed by atoms with van der Waals surface area (Å²) in [5, 5.41) is 11.6. The van der Waals surface area contributed by atoms with Crippen molar-refractivity contribution in [3.8, 4) is 10.4 Å². The molecule has 0 aliphatic heterocycles. The molecule has 2 N–H and O–H groups in total. The molecule has 0 saturated heterocycles. The van der Waals surface area contributed by atoms with Crippen LogP contribution in [0.1, 0.15) is 30.0 Å². The molecule has 0 radical (unpaired) electrons. The van der Waals surface area contributed by atoms with E-state index in [0.717, 1.165) is 30.2 Å².